The predicted octanol–water partition coefficient (Wildman–Crippen LogP) is 9.53. The number of aromatic nitrogens is 1. The molecule has 2 aliphatic carbocycles. The Bertz CT molecular complexity index is 2520. The molecule has 0 bridgehead atoms. The summed E-state index contributed by atoms with van der Waals surface area (Å²) in [7, 11) is 2.30. The molecular formula is C45H37N3S. The molecule has 4 heteroatoms. The van der Waals surface area contributed by atoms with Gasteiger partial charge >= 0.3 is 0 Å². The largest absolute Gasteiger partial charge is 0.369 e. The van der Waals surface area contributed by atoms with Gasteiger partial charge in [-0.15, -0.1) is 11.3 Å². The number of para-hydroxylation sites is 2. The lowest BCUT2D eigenvalue weighted by Gasteiger charge is -2.45. The van der Waals surface area contributed by atoms with Gasteiger partial charge in [-0.3, -0.25) is 4.90 Å². The number of allylic oxidation sites excluding steroid dienone is 1. The Morgan fingerprint density at radius 2 is 1.53 bits per heavy atom. The monoisotopic (exact) mass is 651 g/mol. The van der Waals surface area contributed by atoms with Crippen LogP contribution in [0.1, 0.15) is 40.5 Å². The van der Waals surface area contributed by atoms with Crippen LogP contribution in [0, 0.1) is 5.92 Å². The van der Waals surface area contributed by atoms with E-state index in [4.69, 9.17) is 0 Å². The molecule has 0 spiro atoms. The molecule has 10 rings (SSSR count). The van der Waals surface area contributed by atoms with E-state index in [1.807, 2.05) is 11.3 Å². The average Bonchev–Trinajstić information content (AvgIpc) is 3.71. The van der Waals surface area contributed by atoms with Gasteiger partial charge < -0.3 is 9.88 Å². The minimum absolute atomic E-state index is 0.125. The van der Waals surface area contributed by atoms with Crippen molar-refractivity contribution in [3.8, 4) is 16.8 Å². The van der Waals surface area contributed by atoms with E-state index in [0.29, 0.717) is 0 Å². The lowest BCUT2D eigenvalue weighted by atomic mass is 9.87. The molecule has 238 valence electrons. The van der Waals surface area contributed by atoms with Crippen LogP contribution < -0.4 is 15.9 Å². The summed E-state index contributed by atoms with van der Waals surface area (Å²) in [5.41, 5.74) is 10.4. The third-order valence-electron chi connectivity index (χ3n) is 11.0. The molecule has 0 amide bonds. The Balaban J connectivity index is 1.11. The van der Waals surface area contributed by atoms with E-state index in [9.17, 15) is 0 Å². The van der Waals surface area contributed by atoms with Crippen LogP contribution in [0.3, 0.4) is 0 Å². The van der Waals surface area contributed by atoms with Crippen molar-refractivity contribution < 1.29 is 0 Å². The molecule has 7 aromatic rings. The fraction of sp³-hybridized carbons (Fsp3) is 0.156. The van der Waals surface area contributed by atoms with Gasteiger partial charge in [0.15, 0.2) is 0 Å². The molecule has 1 aliphatic heterocycles. The van der Waals surface area contributed by atoms with Crippen LogP contribution in [-0.4, -0.2) is 22.7 Å². The summed E-state index contributed by atoms with van der Waals surface area (Å²) in [6, 6.07) is 44.6. The van der Waals surface area contributed by atoms with Gasteiger partial charge in [0.25, 0.3) is 0 Å². The molecule has 3 atom stereocenters. The van der Waals surface area contributed by atoms with E-state index in [2.05, 4.69) is 167 Å². The van der Waals surface area contributed by atoms with Crippen molar-refractivity contribution in [1.82, 2.24) is 9.47 Å². The minimum Gasteiger partial charge on any atom is -0.369 e. The summed E-state index contributed by atoms with van der Waals surface area (Å²) < 4.78 is 3.95. The van der Waals surface area contributed by atoms with Crippen LogP contribution in [0.25, 0.3) is 56.0 Å². The molecule has 49 heavy (non-hydrogen) atoms. The maximum atomic E-state index is 4.00. The molecular weight excluding hydrogens is 615 g/mol. The molecule has 3 heterocycles. The second kappa shape index (κ2) is 11.5. The van der Waals surface area contributed by atoms with E-state index in [-0.39, 0.29) is 18.1 Å². The maximum Gasteiger partial charge on any atom is 0.0866 e. The topological polar surface area (TPSA) is 20.2 Å². The van der Waals surface area contributed by atoms with Crippen LogP contribution in [0.2, 0.25) is 0 Å². The number of fused-ring (bicyclic) bond motifs is 8. The number of hydrogen-bond donors (Lipinski definition) is 1. The number of hydrogen-bond acceptors (Lipinski definition) is 3. The number of aryl methyl sites for hydroxylation is 1. The van der Waals surface area contributed by atoms with E-state index >= 15 is 0 Å². The maximum absolute atomic E-state index is 4.00. The first-order valence-electron chi connectivity index (χ1n) is 17.5. The Hall–Kier alpha value is -5.16. The lowest BCUT2D eigenvalue weighted by Crippen LogP contribution is -2.50. The van der Waals surface area contributed by atoms with Crippen molar-refractivity contribution in [2.24, 2.45) is 5.92 Å². The first-order valence-corrected chi connectivity index (χ1v) is 18.3. The Kier molecular flexibility index (Phi) is 6.75. The molecule has 0 saturated carbocycles. The van der Waals surface area contributed by atoms with Gasteiger partial charge in [0, 0.05) is 37.5 Å². The van der Waals surface area contributed by atoms with Gasteiger partial charge in [0.1, 0.15) is 0 Å². The number of anilines is 1. The lowest BCUT2D eigenvalue weighted by molar-refractivity contribution is 0.178. The molecule has 0 fully saturated rings. The number of rotatable bonds is 4. The molecule has 3 aliphatic rings. The van der Waals surface area contributed by atoms with Crippen molar-refractivity contribution in [2.45, 2.75) is 31.5 Å². The standard InChI is InChI=1S/C45H37N3S/c1-47-43(31-22-20-30(21-23-31)29-12-4-2-5-13-29)36-17-8-10-18-38(36)46-45(47)32-24-25-37-40(28-32)48(33-14-6-3-7-15-33)39-27-26-35-34-16-9-11-19-41(34)49-44(35)42(37)39/h2-8,10-15,17-23,25-28,32,43,45-46H,9,16,24H2,1H3. The summed E-state index contributed by atoms with van der Waals surface area (Å²) >= 11 is 1.97. The van der Waals surface area contributed by atoms with Crippen molar-refractivity contribution >= 4 is 56.2 Å². The van der Waals surface area contributed by atoms with Crippen molar-refractivity contribution in [2.75, 3.05) is 12.4 Å². The zero-order valence-electron chi connectivity index (χ0n) is 27.5. The zero-order chi connectivity index (χ0) is 32.5. The Morgan fingerprint density at radius 3 is 2.37 bits per heavy atom. The normalized spacial score (nSPS) is 19.8. The van der Waals surface area contributed by atoms with Crippen molar-refractivity contribution in [1.29, 1.82) is 0 Å². The number of nitrogens with zero attached hydrogens (tertiary/aromatic N) is 2. The smallest absolute Gasteiger partial charge is 0.0866 e. The van der Waals surface area contributed by atoms with Crippen LogP contribution in [-0.2, 0) is 6.42 Å². The number of benzene rings is 5. The van der Waals surface area contributed by atoms with Gasteiger partial charge in [0.2, 0.25) is 0 Å². The third-order valence-corrected chi connectivity index (χ3v) is 12.2. The van der Waals surface area contributed by atoms with Crippen molar-refractivity contribution in [3.05, 3.63) is 160 Å². The van der Waals surface area contributed by atoms with Crippen LogP contribution in [0.4, 0.5) is 5.69 Å². The van der Waals surface area contributed by atoms with Crippen LogP contribution in [0.15, 0.2) is 127 Å². The second-order valence-corrected chi connectivity index (χ2v) is 14.7. The molecule has 3 unspecified atom stereocenters. The quantitative estimate of drug-likeness (QED) is 0.205. The fourth-order valence-corrected chi connectivity index (χ4v) is 9.98. The molecule has 2 aromatic heterocycles. The molecule has 1 N–H and O–H groups in total. The van der Waals surface area contributed by atoms with E-state index in [0.717, 1.165) is 19.3 Å². The first-order chi connectivity index (χ1) is 24.2. The fourth-order valence-electron chi connectivity index (χ4n) is 8.65. The minimum atomic E-state index is 0.125. The van der Waals surface area contributed by atoms with Gasteiger partial charge in [-0.05, 0) is 89.9 Å². The molecule has 0 saturated heterocycles. The van der Waals surface area contributed by atoms with E-state index in [1.54, 1.807) is 0 Å². The van der Waals surface area contributed by atoms with Gasteiger partial charge in [-0.1, -0.05) is 115 Å². The summed E-state index contributed by atoms with van der Waals surface area (Å²) in [4.78, 5) is 4.00. The summed E-state index contributed by atoms with van der Waals surface area (Å²) in [5, 5.41) is 9.54. The summed E-state index contributed by atoms with van der Waals surface area (Å²) in [5.74, 6) is 0.277. The van der Waals surface area contributed by atoms with Gasteiger partial charge in [-0.25, -0.2) is 0 Å². The van der Waals surface area contributed by atoms with Crippen LogP contribution in [0.5, 0.6) is 0 Å². The number of nitrogens with one attached hydrogen (secondary N) is 1. The average molecular weight is 652 g/mol. The zero-order valence-corrected chi connectivity index (χ0v) is 28.3. The molecule has 0 radical (unpaired) electrons. The van der Waals surface area contributed by atoms with Crippen LogP contribution >= 0.6 is 11.3 Å². The predicted molar refractivity (Wildman–Crippen MR) is 208 cm³/mol. The highest BCUT2D eigenvalue weighted by Crippen LogP contribution is 2.42. The third kappa shape index (κ3) is 4.58. The molecule has 5 aromatic carbocycles. The summed E-state index contributed by atoms with van der Waals surface area (Å²) in [6.45, 7) is 0. The second-order valence-electron chi connectivity index (χ2n) is 13.7. The molecule has 3 nitrogen and oxygen atoms in total. The SMILES string of the molecule is CN1C(c2ccc(-c3ccccc3)cc2)c2ccccc2NC1C1C=c2c(c3c4sc5c(c4ccc3n2-c2ccccc2)CCC=C5)=CC1. The van der Waals surface area contributed by atoms with Gasteiger partial charge in [0.05, 0.1) is 23.1 Å². The van der Waals surface area contributed by atoms with Gasteiger partial charge in [-0.2, -0.15) is 0 Å². The highest BCUT2D eigenvalue weighted by atomic mass is 32.1. The number of thiophene rings is 1. The van der Waals surface area contributed by atoms with E-state index in [1.165, 1.54) is 75.6 Å². The van der Waals surface area contributed by atoms with Crippen molar-refractivity contribution in [3.63, 3.8) is 0 Å². The highest BCUT2D eigenvalue weighted by Gasteiger charge is 2.36. The highest BCUT2D eigenvalue weighted by molar-refractivity contribution is 7.21. The Labute approximate surface area is 290 Å². The summed E-state index contributed by atoms with van der Waals surface area (Å²) in [6.07, 6.45) is 13.1. The Morgan fingerprint density at radius 1 is 0.776 bits per heavy atom. The van der Waals surface area contributed by atoms with E-state index < -0.39 is 0 Å². The first kappa shape index (κ1) is 28.8.